The van der Waals surface area contributed by atoms with Crippen molar-refractivity contribution < 1.29 is 17.9 Å². The van der Waals surface area contributed by atoms with E-state index in [4.69, 9.17) is 0 Å². The summed E-state index contributed by atoms with van der Waals surface area (Å²) in [7, 11) is 0. The molecule has 16 heavy (non-hydrogen) atoms. The molecule has 1 saturated heterocycles. The fourth-order valence-electron chi connectivity index (χ4n) is 0.670. The summed E-state index contributed by atoms with van der Waals surface area (Å²) in [4.78, 5) is 0. The van der Waals surface area contributed by atoms with Crippen LogP contribution in [0, 0.1) is 0 Å². The molecule has 92 valence electrons. The summed E-state index contributed by atoms with van der Waals surface area (Å²) in [5, 5.41) is 0. The van der Waals surface area contributed by atoms with Crippen LogP contribution in [-0.2, 0) is 10.9 Å². The molecule has 1 nitrogen and oxygen atoms in total. The number of alkyl halides is 3. The molecule has 0 saturated carbocycles. The minimum absolute atomic E-state index is 0.278. The summed E-state index contributed by atoms with van der Waals surface area (Å²) in [6.45, 7) is 4.85. The van der Waals surface area contributed by atoms with Crippen molar-refractivity contribution in [2.75, 3.05) is 6.61 Å². The first-order chi connectivity index (χ1) is 7.50. The zero-order valence-corrected chi connectivity index (χ0v) is 10.1. The predicted molar refractivity (Wildman–Crippen MR) is 61.5 cm³/mol. The minimum atomic E-state index is -4.21. The third kappa shape index (κ3) is 7.59. The quantitative estimate of drug-likeness (QED) is 0.543. The van der Waals surface area contributed by atoms with Crippen LogP contribution in [0.4, 0.5) is 13.2 Å². The van der Waals surface area contributed by atoms with Gasteiger partial charge in [0.25, 0.3) is 0 Å². The highest BCUT2D eigenvalue weighted by atomic mass is 32.1. The zero-order chi connectivity index (χ0) is 12.6. The highest BCUT2D eigenvalue weighted by molar-refractivity contribution is 7.81. The highest BCUT2D eigenvalue weighted by Gasteiger charge is 2.29. The Morgan fingerprint density at radius 3 is 1.75 bits per heavy atom. The number of benzene rings is 1. The highest BCUT2D eigenvalue weighted by Crippen LogP contribution is 2.28. The molecule has 1 aromatic rings. The van der Waals surface area contributed by atoms with Crippen LogP contribution in [0.5, 0.6) is 0 Å². The van der Waals surface area contributed by atoms with Gasteiger partial charge < -0.3 is 4.74 Å². The maximum Gasteiger partial charge on any atom is 0.416 e. The number of halogens is 3. The lowest BCUT2D eigenvalue weighted by molar-refractivity contribution is -0.137. The van der Waals surface area contributed by atoms with E-state index < -0.39 is 11.7 Å². The van der Waals surface area contributed by atoms with Crippen LogP contribution in [0.2, 0.25) is 0 Å². The summed E-state index contributed by atoms with van der Waals surface area (Å²) in [5.74, 6) is 0. The van der Waals surface area contributed by atoms with Crippen LogP contribution >= 0.6 is 12.6 Å². The van der Waals surface area contributed by atoms with Gasteiger partial charge in [0.05, 0.1) is 12.2 Å². The molecule has 0 bridgehead atoms. The van der Waals surface area contributed by atoms with Crippen LogP contribution in [-0.4, -0.2) is 12.0 Å². The van der Waals surface area contributed by atoms with Gasteiger partial charge in [-0.15, -0.1) is 12.6 Å². The Bertz CT molecular complexity index is 270. The van der Waals surface area contributed by atoms with Gasteiger partial charge in [0, 0.05) is 0 Å². The molecule has 0 N–H and O–H groups in total. The molecule has 1 aromatic carbocycles. The Labute approximate surface area is 99.0 Å². The fraction of sp³-hybridized carbons (Fsp3) is 0.455. The molecular formula is C11H15F3OS. The molecule has 1 unspecified atom stereocenters. The number of hydrogen-bond acceptors (Lipinski definition) is 2. The second-order valence-corrected chi connectivity index (χ2v) is 3.23. The third-order valence-corrected chi connectivity index (χ3v) is 1.71. The lowest BCUT2D eigenvalue weighted by atomic mass is 10.2. The van der Waals surface area contributed by atoms with Crippen LogP contribution in [0.3, 0.4) is 0 Å². The molecule has 1 atom stereocenters. The van der Waals surface area contributed by atoms with E-state index in [2.05, 4.69) is 17.4 Å². The van der Waals surface area contributed by atoms with E-state index in [1.54, 1.807) is 6.07 Å². The SMILES string of the molecule is CC.FC(F)(F)c1ccccc1.SC1CO1. The zero-order valence-electron chi connectivity index (χ0n) is 9.16. The van der Waals surface area contributed by atoms with E-state index >= 15 is 0 Å². The average Bonchev–Trinajstić information content (AvgIpc) is 3.05. The van der Waals surface area contributed by atoms with Crippen LogP contribution < -0.4 is 0 Å². The number of rotatable bonds is 0. The van der Waals surface area contributed by atoms with Gasteiger partial charge in [0.2, 0.25) is 0 Å². The van der Waals surface area contributed by atoms with Gasteiger partial charge in [0.15, 0.2) is 0 Å². The first kappa shape index (κ1) is 15.3. The molecule has 5 heteroatoms. The molecule has 0 aliphatic carbocycles. The number of ether oxygens (including phenoxy) is 1. The topological polar surface area (TPSA) is 12.5 Å². The Hall–Kier alpha value is -0.680. The standard InChI is InChI=1S/C7H5F3.C2H4OS.C2H6/c8-7(9,10)6-4-2-1-3-5-6;4-2-1-3-2;1-2/h1-5H;2,4H,1H2;1-2H3. The second kappa shape index (κ2) is 7.57. The number of hydrogen-bond donors (Lipinski definition) is 1. The fourth-order valence-corrected chi connectivity index (χ4v) is 0.756. The lowest BCUT2D eigenvalue weighted by Crippen LogP contribution is -2.03. The van der Waals surface area contributed by atoms with Crippen molar-refractivity contribution >= 4 is 12.6 Å². The van der Waals surface area contributed by atoms with Gasteiger partial charge in [-0.05, 0) is 0 Å². The lowest BCUT2D eigenvalue weighted by Gasteiger charge is -2.03. The van der Waals surface area contributed by atoms with E-state index in [0.29, 0.717) is 0 Å². The molecule has 0 amide bonds. The van der Waals surface area contributed by atoms with Crippen molar-refractivity contribution in [2.45, 2.75) is 25.5 Å². The van der Waals surface area contributed by atoms with Gasteiger partial charge >= 0.3 is 6.18 Å². The molecule has 0 spiro atoms. The molecule has 0 radical (unpaired) electrons. The monoisotopic (exact) mass is 252 g/mol. The summed E-state index contributed by atoms with van der Waals surface area (Å²) >= 11 is 3.85. The normalized spacial score (nSPS) is 17.5. The molecular weight excluding hydrogens is 237 g/mol. The maximum absolute atomic E-state index is 11.8. The second-order valence-electron chi connectivity index (χ2n) is 2.65. The largest absolute Gasteiger partial charge is 0.416 e. The Morgan fingerprint density at radius 1 is 1.19 bits per heavy atom. The first-order valence-electron chi connectivity index (χ1n) is 4.92. The predicted octanol–water partition coefficient (Wildman–Crippen LogP) is 4.00. The van der Waals surface area contributed by atoms with Crippen molar-refractivity contribution in [1.29, 1.82) is 0 Å². The van der Waals surface area contributed by atoms with E-state index in [9.17, 15) is 13.2 Å². The first-order valence-corrected chi connectivity index (χ1v) is 5.43. The summed E-state index contributed by atoms with van der Waals surface area (Å²) in [6, 6.07) is 6.36. The molecule has 1 heterocycles. The van der Waals surface area contributed by atoms with Crippen molar-refractivity contribution in [3.63, 3.8) is 0 Å². The summed E-state index contributed by atoms with van der Waals surface area (Å²) in [6.07, 6.45) is -4.21. The van der Waals surface area contributed by atoms with Crippen LogP contribution in [0.15, 0.2) is 30.3 Å². The van der Waals surface area contributed by atoms with Crippen molar-refractivity contribution in [3.05, 3.63) is 35.9 Å². The van der Waals surface area contributed by atoms with Crippen LogP contribution in [0.25, 0.3) is 0 Å². The smallest absolute Gasteiger partial charge is 0.362 e. The maximum atomic E-state index is 11.8. The van der Waals surface area contributed by atoms with Crippen molar-refractivity contribution in [3.8, 4) is 0 Å². The molecule has 1 fully saturated rings. The Balaban J connectivity index is 0.000000311. The van der Waals surface area contributed by atoms with Gasteiger partial charge in [-0.2, -0.15) is 13.2 Å². The minimum Gasteiger partial charge on any atom is -0.362 e. The molecule has 2 rings (SSSR count). The van der Waals surface area contributed by atoms with Crippen molar-refractivity contribution in [2.24, 2.45) is 0 Å². The summed E-state index contributed by atoms with van der Waals surface area (Å²) in [5.41, 5.74) is -0.324. The average molecular weight is 252 g/mol. The Morgan fingerprint density at radius 2 is 1.56 bits per heavy atom. The van der Waals surface area contributed by atoms with Gasteiger partial charge in [0.1, 0.15) is 5.44 Å². The molecule has 0 aromatic heterocycles. The molecule has 1 aliphatic heterocycles. The van der Waals surface area contributed by atoms with Crippen LogP contribution in [0.1, 0.15) is 19.4 Å². The van der Waals surface area contributed by atoms with Gasteiger partial charge in [-0.1, -0.05) is 44.2 Å². The molecule has 1 aliphatic rings. The van der Waals surface area contributed by atoms with E-state index in [-0.39, 0.29) is 5.44 Å². The Kier molecular flexibility index (Phi) is 7.25. The van der Waals surface area contributed by atoms with Gasteiger partial charge in [-0.25, -0.2) is 0 Å². The van der Waals surface area contributed by atoms with Crippen molar-refractivity contribution in [1.82, 2.24) is 0 Å². The van der Waals surface area contributed by atoms with E-state index in [1.165, 1.54) is 12.1 Å². The van der Waals surface area contributed by atoms with E-state index in [1.807, 2.05) is 13.8 Å². The third-order valence-electron chi connectivity index (χ3n) is 1.42. The number of thiol groups is 1. The van der Waals surface area contributed by atoms with E-state index in [0.717, 1.165) is 18.7 Å². The summed E-state index contributed by atoms with van der Waals surface area (Å²) < 4.78 is 39.9. The van der Waals surface area contributed by atoms with Gasteiger partial charge in [-0.3, -0.25) is 0 Å². The number of epoxide rings is 1.